The minimum absolute atomic E-state index is 0.244. The number of aryl methyl sites for hydroxylation is 1. The van der Waals surface area contributed by atoms with Gasteiger partial charge in [-0.3, -0.25) is 14.7 Å². The second kappa shape index (κ2) is 7.43. The van der Waals surface area contributed by atoms with Crippen LogP contribution in [0.2, 0.25) is 0 Å². The lowest BCUT2D eigenvalue weighted by atomic mass is 10.1. The van der Waals surface area contributed by atoms with Gasteiger partial charge < -0.3 is 10.4 Å². The average Bonchev–Trinajstić information content (AvgIpc) is 2.95. The Hall–Kier alpha value is -3.09. The maximum absolute atomic E-state index is 14.3. The predicted molar refractivity (Wildman–Crippen MR) is 98.8 cm³/mol. The number of nitrogens with one attached hydrogen (secondary N) is 1. The van der Waals surface area contributed by atoms with Crippen molar-refractivity contribution in [3.63, 3.8) is 0 Å². The molecule has 0 saturated heterocycles. The lowest BCUT2D eigenvalue weighted by Crippen LogP contribution is -2.30. The summed E-state index contributed by atoms with van der Waals surface area (Å²) in [5.41, 5.74) is 3.31. The van der Waals surface area contributed by atoms with Gasteiger partial charge in [-0.15, -0.1) is 0 Å². The number of nitrogens with zero attached hydrogens (tertiary/aromatic N) is 3. The number of anilines is 1. The van der Waals surface area contributed by atoms with E-state index in [2.05, 4.69) is 10.3 Å². The van der Waals surface area contributed by atoms with Crippen LogP contribution in [0.3, 0.4) is 0 Å². The molecule has 3 aromatic rings. The van der Waals surface area contributed by atoms with Gasteiger partial charge in [0.15, 0.2) is 5.82 Å². The number of hydrogen-bond acceptors (Lipinski definition) is 3. The van der Waals surface area contributed by atoms with Crippen molar-refractivity contribution in [2.24, 2.45) is 0 Å². The second-order valence-electron chi connectivity index (χ2n) is 6.12. The van der Waals surface area contributed by atoms with Crippen LogP contribution in [0, 0.1) is 12.7 Å². The minimum atomic E-state index is -1.05. The molecule has 3 rings (SSSR count). The highest BCUT2D eigenvalue weighted by Crippen LogP contribution is 2.27. The molecule has 0 aliphatic heterocycles. The number of pyridine rings is 1. The van der Waals surface area contributed by atoms with E-state index in [1.54, 1.807) is 12.3 Å². The zero-order valence-electron chi connectivity index (χ0n) is 14.7. The number of fused-ring (bicyclic) bond motifs is 1. The number of halogens is 1. The van der Waals surface area contributed by atoms with Crippen LogP contribution in [0.25, 0.3) is 10.9 Å². The third kappa shape index (κ3) is 3.46. The zero-order chi connectivity index (χ0) is 18.7. The molecule has 6 nitrogen and oxygen atoms in total. The molecule has 2 aromatic heterocycles. The van der Waals surface area contributed by atoms with Crippen molar-refractivity contribution in [1.29, 1.82) is 0 Å². The molecular formula is C19H21FN4O2. The fraction of sp³-hybridized carbons (Fsp3) is 0.263. The first kappa shape index (κ1) is 17.7. The molecule has 2 N–H and O–H groups in total. The van der Waals surface area contributed by atoms with Crippen LogP contribution in [-0.2, 0) is 6.54 Å². The first-order valence-corrected chi connectivity index (χ1v) is 8.46. The van der Waals surface area contributed by atoms with Crippen molar-refractivity contribution in [3.8, 4) is 0 Å². The topological polar surface area (TPSA) is 70.4 Å². The lowest BCUT2D eigenvalue weighted by Gasteiger charge is -2.26. The van der Waals surface area contributed by atoms with Gasteiger partial charge in [-0.2, -0.15) is 0 Å². The Morgan fingerprint density at radius 1 is 1.38 bits per heavy atom. The van der Waals surface area contributed by atoms with Crippen molar-refractivity contribution in [1.82, 2.24) is 15.0 Å². The highest BCUT2D eigenvalue weighted by atomic mass is 19.1. The van der Waals surface area contributed by atoms with E-state index in [0.717, 1.165) is 28.5 Å². The van der Waals surface area contributed by atoms with Crippen molar-refractivity contribution in [2.75, 3.05) is 11.6 Å². The molecule has 0 aliphatic carbocycles. The number of carboxylic acid groups (broad SMARTS) is 1. The van der Waals surface area contributed by atoms with Gasteiger partial charge in [-0.05, 0) is 42.7 Å². The summed E-state index contributed by atoms with van der Waals surface area (Å²) < 4.78 is 16.3. The zero-order valence-corrected chi connectivity index (χ0v) is 14.7. The summed E-state index contributed by atoms with van der Waals surface area (Å²) in [6, 6.07) is 7.44. The average molecular weight is 356 g/mol. The normalized spacial score (nSPS) is 10.9. The standard InChI is InChI=1S/C19H21FN4O2/c1-3-8-23(18-6-7-21-11-16(18)20)24-12-13(2)15-9-14(4-5-17(15)24)10-22-19(25)26/h4-7,9,11-12,22H,3,8,10H2,1-2H3,(H,25,26). The van der Waals surface area contributed by atoms with E-state index in [1.165, 1.54) is 6.20 Å². The maximum Gasteiger partial charge on any atom is 0.404 e. The van der Waals surface area contributed by atoms with Crippen LogP contribution < -0.4 is 10.3 Å². The predicted octanol–water partition coefficient (Wildman–Crippen LogP) is 3.93. The summed E-state index contributed by atoms with van der Waals surface area (Å²) in [4.78, 5) is 14.5. The molecule has 1 aromatic carbocycles. The molecule has 0 saturated carbocycles. The molecule has 0 radical (unpaired) electrons. The van der Waals surface area contributed by atoms with E-state index in [9.17, 15) is 9.18 Å². The van der Waals surface area contributed by atoms with Crippen LogP contribution >= 0.6 is 0 Å². The van der Waals surface area contributed by atoms with Gasteiger partial charge in [0.1, 0.15) is 0 Å². The Kier molecular flexibility index (Phi) is 5.06. The molecule has 2 heterocycles. The fourth-order valence-electron chi connectivity index (χ4n) is 3.04. The van der Waals surface area contributed by atoms with Crippen LogP contribution in [-0.4, -0.2) is 27.4 Å². The van der Waals surface area contributed by atoms with Gasteiger partial charge in [-0.25, -0.2) is 9.18 Å². The Morgan fingerprint density at radius 3 is 2.88 bits per heavy atom. The van der Waals surface area contributed by atoms with Crippen molar-refractivity contribution >= 4 is 22.7 Å². The van der Waals surface area contributed by atoms with Gasteiger partial charge in [-0.1, -0.05) is 13.0 Å². The largest absolute Gasteiger partial charge is 0.465 e. The van der Waals surface area contributed by atoms with E-state index in [-0.39, 0.29) is 12.4 Å². The van der Waals surface area contributed by atoms with Gasteiger partial charge in [0.05, 0.1) is 17.4 Å². The highest BCUT2D eigenvalue weighted by molar-refractivity contribution is 5.85. The van der Waals surface area contributed by atoms with Crippen LogP contribution in [0.15, 0.2) is 42.9 Å². The first-order valence-electron chi connectivity index (χ1n) is 8.46. The van der Waals surface area contributed by atoms with Crippen LogP contribution in [0.4, 0.5) is 14.9 Å². The third-order valence-electron chi connectivity index (χ3n) is 4.22. The fourth-order valence-corrected chi connectivity index (χ4v) is 3.04. The molecule has 0 atom stereocenters. The summed E-state index contributed by atoms with van der Waals surface area (Å²) in [7, 11) is 0. The van der Waals surface area contributed by atoms with Gasteiger partial charge >= 0.3 is 6.09 Å². The smallest absolute Gasteiger partial charge is 0.404 e. The molecule has 1 amide bonds. The summed E-state index contributed by atoms with van der Waals surface area (Å²) >= 11 is 0. The maximum atomic E-state index is 14.3. The van der Waals surface area contributed by atoms with Gasteiger partial charge in [0, 0.05) is 30.9 Å². The Labute approximate surface area is 150 Å². The first-order chi connectivity index (χ1) is 12.5. The minimum Gasteiger partial charge on any atom is -0.465 e. The van der Waals surface area contributed by atoms with Crippen LogP contribution in [0.1, 0.15) is 24.5 Å². The van der Waals surface area contributed by atoms with Crippen molar-refractivity contribution in [3.05, 3.63) is 59.8 Å². The quantitative estimate of drug-likeness (QED) is 0.702. The third-order valence-corrected chi connectivity index (χ3v) is 4.22. The molecule has 26 heavy (non-hydrogen) atoms. The summed E-state index contributed by atoms with van der Waals surface area (Å²) in [6.45, 7) is 4.92. The molecule has 0 unspecified atom stereocenters. The second-order valence-corrected chi connectivity index (χ2v) is 6.12. The monoisotopic (exact) mass is 356 g/mol. The Morgan fingerprint density at radius 2 is 2.19 bits per heavy atom. The molecule has 136 valence electrons. The molecule has 0 aliphatic rings. The summed E-state index contributed by atoms with van der Waals surface area (Å²) in [5, 5.41) is 14.0. The Bertz CT molecular complexity index is 938. The molecule has 7 heteroatoms. The van der Waals surface area contributed by atoms with E-state index < -0.39 is 6.09 Å². The number of carbonyl (C=O) groups is 1. The number of aromatic nitrogens is 2. The molecule has 0 fully saturated rings. The van der Waals surface area contributed by atoms with Gasteiger partial charge in [0.2, 0.25) is 0 Å². The number of benzene rings is 1. The highest BCUT2D eigenvalue weighted by Gasteiger charge is 2.16. The number of rotatable bonds is 6. The van der Waals surface area contributed by atoms with Crippen LogP contribution in [0.5, 0.6) is 0 Å². The van der Waals surface area contributed by atoms with Crippen molar-refractivity contribution < 1.29 is 14.3 Å². The molecule has 0 bridgehead atoms. The lowest BCUT2D eigenvalue weighted by molar-refractivity contribution is 0.194. The van der Waals surface area contributed by atoms with E-state index in [0.29, 0.717) is 12.2 Å². The summed E-state index contributed by atoms with van der Waals surface area (Å²) in [6.07, 6.45) is 4.55. The van der Waals surface area contributed by atoms with E-state index >= 15 is 0 Å². The van der Waals surface area contributed by atoms with E-state index in [1.807, 2.05) is 47.9 Å². The number of hydrogen-bond donors (Lipinski definition) is 2. The van der Waals surface area contributed by atoms with Crippen molar-refractivity contribution in [2.45, 2.75) is 26.8 Å². The summed E-state index contributed by atoms with van der Waals surface area (Å²) in [5.74, 6) is -0.372. The SMILES string of the molecule is CCCN(c1ccncc1F)n1cc(C)c2cc(CNC(=O)O)ccc21. The number of amides is 1. The molecular weight excluding hydrogens is 335 g/mol. The Balaban J connectivity index is 2.05. The molecule has 0 spiro atoms. The van der Waals surface area contributed by atoms with E-state index in [4.69, 9.17) is 5.11 Å². The van der Waals surface area contributed by atoms with Gasteiger partial charge in [0.25, 0.3) is 0 Å².